The molecular weight excluding hydrogens is 624 g/mol. The predicted molar refractivity (Wildman–Crippen MR) is 152 cm³/mol. The number of aromatic nitrogens is 2. The van der Waals surface area contributed by atoms with Crippen molar-refractivity contribution in [3.63, 3.8) is 0 Å². The fraction of sp³-hybridized carbons (Fsp3) is 0.679. The van der Waals surface area contributed by atoms with Crippen molar-refractivity contribution in [3.05, 3.63) is 15.3 Å². The number of alkyl halides is 1. The molecule has 0 saturated carbocycles. The highest BCUT2D eigenvalue weighted by Crippen LogP contribution is 2.49. The van der Waals surface area contributed by atoms with Gasteiger partial charge >= 0.3 is 12.1 Å². The van der Waals surface area contributed by atoms with Crippen LogP contribution in [0.2, 0.25) is 5.02 Å². The standard InChI is InChI=1S/C28H33BrClF2N5O4/c1-27(2,3)41-26(38)37-15-5-6-16(37)17-12-39-23-18-22(21(32)19(29)20(23)30)33-25(34-24(18)36(17)11-15)40-13-28-7-4-8-35(28)10-14(31)9-28/h14-17H,4-13H2,1-3H3/t14-,15-,16+,17-,28+/m1/s1/i8D2. The third kappa shape index (κ3) is 4.42. The van der Waals surface area contributed by atoms with E-state index in [1.807, 2.05) is 25.7 Å². The van der Waals surface area contributed by atoms with Gasteiger partial charge in [-0.3, -0.25) is 9.80 Å². The van der Waals surface area contributed by atoms with Gasteiger partial charge in [0.1, 0.15) is 41.3 Å². The minimum absolute atomic E-state index is 0.00568. The molecular formula is C28H33BrClF2N5O4. The number of rotatable bonds is 3. The molecule has 2 aromatic rings. The number of amides is 1. The molecule has 222 valence electrons. The van der Waals surface area contributed by atoms with Gasteiger partial charge in [-0.25, -0.2) is 13.6 Å². The van der Waals surface area contributed by atoms with Gasteiger partial charge in [0.25, 0.3) is 0 Å². The minimum atomic E-state index is -1.64. The Bertz CT molecular complexity index is 1520. The van der Waals surface area contributed by atoms with Crippen molar-refractivity contribution in [1.29, 1.82) is 0 Å². The summed E-state index contributed by atoms with van der Waals surface area (Å²) in [5.41, 5.74) is -1.54. The Balaban J connectivity index is 1.28. The van der Waals surface area contributed by atoms with Crippen LogP contribution >= 0.6 is 27.5 Å². The van der Waals surface area contributed by atoms with Crippen LogP contribution in [0.4, 0.5) is 19.4 Å². The molecule has 1 aromatic heterocycles. The number of carbonyl (C=O) groups is 1. The maximum absolute atomic E-state index is 15.8. The lowest BCUT2D eigenvalue weighted by Gasteiger charge is -2.46. The first-order valence-electron chi connectivity index (χ1n) is 15.0. The van der Waals surface area contributed by atoms with Crippen molar-refractivity contribution >= 4 is 50.3 Å². The molecule has 0 N–H and O–H groups in total. The molecule has 0 radical (unpaired) electrons. The molecule has 1 aromatic carbocycles. The summed E-state index contributed by atoms with van der Waals surface area (Å²) < 4.78 is 65.2. The topological polar surface area (TPSA) is 80.3 Å². The lowest BCUT2D eigenvalue weighted by molar-refractivity contribution is 0.00545. The van der Waals surface area contributed by atoms with E-state index in [2.05, 4.69) is 20.9 Å². The number of hydrogen-bond acceptors (Lipinski definition) is 8. The quantitative estimate of drug-likeness (QED) is 0.401. The second kappa shape index (κ2) is 9.67. The minimum Gasteiger partial charge on any atom is -0.489 e. The van der Waals surface area contributed by atoms with Crippen LogP contribution in [0.3, 0.4) is 0 Å². The van der Waals surface area contributed by atoms with Crippen LogP contribution in [0, 0.1) is 5.82 Å². The Hall–Kier alpha value is -2.18. The molecule has 0 unspecified atom stereocenters. The Morgan fingerprint density at radius 1 is 1.29 bits per heavy atom. The van der Waals surface area contributed by atoms with E-state index < -0.39 is 29.6 Å². The number of carbonyl (C=O) groups excluding carboxylic acids is 1. The van der Waals surface area contributed by atoms with Crippen LogP contribution in [-0.4, -0.2) is 94.1 Å². The second-order valence-electron chi connectivity index (χ2n) is 12.6. The zero-order chi connectivity index (χ0) is 30.6. The zero-order valence-electron chi connectivity index (χ0n) is 25.1. The van der Waals surface area contributed by atoms with Crippen LogP contribution < -0.4 is 14.4 Å². The van der Waals surface area contributed by atoms with Crippen LogP contribution in [0.1, 0.15) is 55.6 Å². The smallest absolute Gasteiger partial charge is 0.410 e. The molecule has 4 saturated heterocycles. The fourth-order valence-corrected chi connectivity index (χ4v) is 7.75. The summed E-state index contributed by atoms with van der Waals surface area (Å²) in [6.07, 6.45) is 0.771. The largest absolute Gasteiger partial charge is 0.489 e. The van der Waals surface area contributed by atoms with E-state index in [0.717, 1.165) is 12.8 Å². The third-order valence-corrected chi connectivity index (χ3v) is 10.2. The van der Waals surface area contributed by atoms with Crippen LogP contribution in [0.15, 0.2) is 4.47 Å². The fourth-order valence-electron chi connectivity index (χ4n) is 7.15. The Kier molecular flexibility index (Phi) is 5.97. The van der Waals surface area contributed by atoms with Gasteiger partial charge in [0.15, 0.2) is 11.6 Å². The molecule has 5 aliphatic heterocycles. The Morgan fingerprint density at radius 2 is 2.10 bits per heavy atom. The number of halogens is 4. The molecule has 1 amide bonds. The van der Waals surface area contributed by atoms with Crippen LogP contribution in [0.5, 0.6) is 11.8 Å². The van der Waals surface area contributed by atoms with Gasteiger partial charge in [-0.2, -0.15) is 9.97 Å². The number of nitrogens with zero attached hydrogens (tertiary/aromatic N) is 5. The van der Waals surface area contributed by atoms with Gasteiger partial charge in [0.2, 0.25) is 0 Å². The monoisotopic (exact) mass is 657 g/mol. The molecule has 2 bridgehead atoms. The highest BCUT2D eigenvalue weighted by molar-refractivity contribution is 9.10. The lowest BCUT2D eigenvalue weighted by Crippen LogP contribution is -2.63. The molecule has 9 nitrogen and oxygen atoms in total. The van der Waals surface area contributed by atoms with Crippen molar-refractivity contribution in [2.45, 2.75) is 88.3 Å². The van der Waals surface area contributed by atoms with Crippen LogP contribution in [0.25, 0.3) is 10.9 Å². The Morgan fingerprint density at radius 3 is 2.88 bits per heavy atom. The lowest BCUT2D eigenvalue weighted by atomic mass is 9.95. The zero-order valence-corrected chi connectivity index (χ0v) is 25.4. The summed E-state index contributed by atoms with van der Waals surface area (Å²) in [7, 11) is 0. The normalized spacial score (nSPS) is 32.7. The van der Waals surface area contributed by atoms with Gasteiger partial charge in [-0.05, 0) is 68.9 Å². The number of ether oxygens (including phenoxy) is 3. The average Bonchev–Trinajstić information content (AvgIpc) is 3.48. The molecule has 41 heavy (non-hydrogen) atoms. The first-order valence-corrected chi connectivity index (χ1v) is 15.2. The van der Waals surface area contributed by atoms with Crippen molar-refractivity contribution < 1.29 is 30.5 Å². The average molecular weight is 659 g/mol. The van der Waals surface area contributed by atoms with Crippen molar-refractivity contribution in [1.82, 2.24) is 19.8 Å². The van der Waals surface area contributed by atoms with E-state index in [1.54, 1.807) is 9.80 Å². The molecule has 4 fully saturated rings. The van der Waals surface area contributed by atoms with E-state index in [1.165, 1.54) is 0 Å². The summed E-state index contributed by atoms with van der Waals surface area (Å²) in [5.74, 6) is -0.0702. The second-order valence-corrected chi connectivity index (χ2v) is 13.8. The summed E-state index contributed by atoms with van der Waals surface area (Å²) >= 11 is 9.84. The number of piperazine rings is 1. The molecule has 7 rings (SSSR count). The van der Waals surface area contributed by atoms with Gasteiger partial charge in [0.05, 0.1) is 33.5 Å². The summed E-state index contributed by atoms with van der Waals surface area (Å²) in [6, 6.07) is -0.831. The van der Waals surface area contributed by atoms with Gasteiger partial charge in [-0.1, -0.05) is 11.6 Å². The van der Waals surface area contributed by atoms with Crippen LogP contribution in [-0.2, 0) is 4.74 Å². The maximum atomic E-state index is 15.8. The third-order valence-electron chi connectivity index (χ3n) is 8.88. The molecule has 5 aliphatic rings. The Labute approximate surface area is 253 Å². The van der Waals surface area contributed by atoms with E-state index in [4.69, 9.17) is 33.5 Å². The van der Waals surface area contributed by atoms with E-state index in [9.17, 15) is 9.18 Å². The summed E-state index contributed by atoms with van der Waals surface area (Å²) in [6.45, 7) is 4.39. The summed E-state index contributed by atoms with van der Waals surface area (Å²) in [5, 5.41) is 0.368. The number of hydrogen-bond donors (Lipinski definition) is 0. The maximum Gasteiger partial charge on any atom is 0.410 e. The van der Waals surface area contributed by atoms with Crippen molar-refractivity contribution in [2.75, 3.05) is 37.7 Å². The molecule has 13 heteroatoms. The molecule has 5 atom stereocenters. The van der Waals surface area contributed by atoms with Gasteiger partial charge in [-0.15, -0.1) is 0 Å². The van der Waals surface area contributed by atoms with Crippen molar-refractivity contribution in [2.24, 2.45) is 0 Å². The molecule has 0 aliphatic carbocycles. The van der Waals surface area contributed by atoms with Crippen molar-refractivity contribution in [3.8, 4) is 11.8 Å². The van der Waals surface area contributed by atoms with Gasteiger partial charge in [0, 0.05) is 22.3 Å². The van der Waals surface area contributed by atoms with E-state index in [0.29, 0.717) is 24.2 Å². The first-order chi connectivity index (χ1) is 20.2. The highest BCUT2D eigenvalue weighted by atomic mass is 79.9. The first kappa shape index (κ1) is 25.3. The SMILES string of the molecule is [2H]C1([2H])CC[C@@]2(COc3nc4c5c(c(Cl)c(Br)c(F)c5n3)OC[C@@H]3[C@@H]5CC[C@H](CN43)N5C(=O)OC(C)(C)C)C[C@@H](F)CN12. The number of benzene rings is 1. The molecule has 0 spiro atoms. The van der Waals surface area contributed by atoms with E-state index >= 15 is 4.39 Å². The number of fused-ring (bicyclic) bond motifs is 6. The highest BCUT2D eigenvalue weighted by Gasteiger charge is 2.52. The van der Waals surface area contributed by atoms with Gasteiger partial charge < -0.3 is 19.1 Å². The molecule has 6 heterocycles. The number of anilines is 1. The predicted octanol–water partition coefficient (Wildman–Crippen LogP) is 5.49. The van der Waals surface area contributed by atoms with E-state index in [-0.39, 0.29) is 83.6 Å². The summed E-state index contributed by atoms with van der Waals surface area (Å²) in [4.78, 5) is 27.9.